The molecule has 2 aromatic heterocycles. The maximum Gasteiger partial charge on any atom is 0.164 e. The Bertz CT molecular complexity index is 593. The van der Waals surface area contributed by atoms with Gasteiger partial charge in [0.1, 0.15) is 11.6 Å². The van der Waals surface area contributed by atoms with E-state index in [9.17, 15) is 0 Å². The molecule has 5 heteroatoms. The van der Waals surface area contributed by atoms with E-state index < -0.39 is 0 Å². The van der Waals surface area contributed by atoms with Gasteiger partial charge in [0.25, 0.3) is 0 Å². The Hall–Kier alpha value is -1.62. The molecule has 0 N–H and O–H groups in total. The van der Waals surface area contributed by atoms with Crippen molar-refractivity contribution in [3.63, 3.8) is 0 Å². The summed E-state index contributed by atoms with van der Waals surface area (Å²) in [4.78, 5) is 2.54. The lowest BCUT2D eigenvalue weighted by atomic mass is 10.0. The predicted molar refractivity (Wildman–Crippen MR) is 78.1 cm³/mol. The Balaban J connectivity index is 1.75. The molecule has 0 amide bonds. The molecule has 1 unspecified atom stereocenters. The van der Waals surface area contributed by atoms with Gasteiger partial charge in [-0.25, -0.2) is 0 Å². The van der Waals surface area contributed by atoms with Crippen LogP contribution in [0.3, 0.4) is 0 Å². The first-order valence-electron chi connectivity index (χ1n) is 7.29. The zero-order valence-electron chi connectivity index (χ0n) is 12.4. The van der Waals surface area contributed by atoms with E-state index in [4.69, 9.17) is 4.74 Å². The molecule has 2 aromatic rings. The van der Waals surface area contributed by atoms with Crippen molar-refractivity contribution in [1.29, 1.82) is 0 Å². The summed E-state index contributed by atoms with van der Waals surface area (Å²) in [5.74, 6) is 2.56. The molecule has 1 aliphatic rings. The Kier molecular flexibility index (Phi) is 3.61. The molecule has 108 valence electrons. The molecule has 0 bridgehead atoms. The average Bonchev–Trinajstić information content (AvgIpc) is 3.06. The second kappa shape index (κ2) is 5.40. The van der Waals surface area contributed by atoms with Gasteiger partial charge in [-0.05, 0) is 38.8 Å². The van der Waals surface area contributed by atoms with Gasteiger partial charge in [0.15, 0.2) is 5.65 Å². The maximum absolute atomic E-state index is 5.22. The fourth-order valence-corrected chi connectivity index (χ4v) is 2.94. The number of fused-ring (bicyclic) bond motifs is 1. The van der Waals surface area contributed by atoms with Gasteiger partial charge in [-0.15, -0.1) is 10.2 Å². The van der Waals surface area contributed by atoms with Crippen molar-refractivity contribution in [3.05, 3.63) is 24.2 Å². The smallest absolute Gasteiger partial charge is 0.164 e. The van der Waals surface area contributed by atoms with Crippen LogP contribution in [0.1, 0.15) is 26.1 Å². The van der Waals surface area contributed by atoms with Gasteiger partial charge >= 0.3 is 0 Å². The van der Waals surface area contributed by atoms with Crippen molar-refractivity contribution >= 4 is 5.65 Å². The maximum atomic E-state index is 5.22. The lowest BCUT2D eigenvalue weighted by Crippen LogP contribution is -2.28. The first kappa shape index (κ1) is 13.4. The molecule has 0 aliphatic carbocycles. The van der Waals surface area contributed by atoms with Gasteiger partial charge in [0.2, 0.25) is 0 Å². The lowest BCUT2D eigenvalue weighted by Gasteiger charge is -2.20. The lowest BCUT2D eigenvalue weighted by molar-refractivity contribution is 0.264. The van der Waals surface area contributed by atoms with Crippen molar-refractivity contribution < 1.29 is 4.74 Å². The fraction of sp³-hybridized carbons (Fsp3) is 0.600. The molecule has 1 atom stereocenters. The zero-order valence-corrected chi connectivity index (χ0v) is 12.4. The molecular formula is C15H22N4O. The second-order valence-corrected chi connectivity index (χ2v) is 5.86. The Morgan fingerprint density at radius 3 is 2.95 bits per heavy atom. The van der Waals surface area contributed by atoms with E-state index in [-0.39, 0.29) is 0 Å². The number of pyridine rings is 1. The van der Waals surface area contributed by atoms with E-state index in [0.29, 0.717) is 12.0 Å². The minimum absolute atomic E-state index is 0.638. The predicted octanol–water partition coefficient (Wildman–Crippen LogP) is 2.01. The Morgan fingerprint density at radius 1 is 1.40 bits per heavy atom. The van der Waals surface area contributed by atoms with E-state index >= 15 is 0 Å². The van der Waals surface area contributed by atoms with Gasteiger partial charge in [0.05, 0.1) is 7.11 Å². The minimum atomic E-state index is 0.638. The first-order chi connectivity index (χ1) is 9.67. The first-order valence-corrected chi connectivity index (χ1v) is 7.29. The summed E-state index contributed by atoms with van der Waals surface area (Å²) in [5.41, 5.74) is 0.859. The third-order valence-corrected chi connectivity index (χ3v) is 4.21. The van der Waals surface area contributed by atoms with Crippen molar-refractivity contribution in [1.82, 2.24) is 19.5 Å². The highest BCUT2D eigenvalue weighted by Crippen LogP contribution is 2.22. The van der Waals surface area contributed by atoms with E-state index in [0.717, 1.165) is 23.6 Å². The van der Waals surface area contributed by atoms with E-state index in [2.05, 4.69) is 33.3 Å². The molecule has 3 rings (SSSR count). The molecule has 0 saturated carbocycles. The zero-order chi connectivity index (χ0) is 14.1. The summed E-state index contributed by atoms with van der Waals surface area (Å²) in [5, 5.41) is 8.59. The molecule has 0 aromatic carbocycles. The van der Waals surface area contributed by atoms with Crippen molar-refractivity contribution in [2.75, 3.05) is 20.2 Å². The number of likely N-dealkylation sites (tertiary alicyclic amines) is 1. The molecule has 3 heterocycles. The van der Waals surface area contributed by atoms with Gasteiger partial charge in [-0.3, -0.25) is 4.40 Å². The number of rotatable bonds is 4. The topological polar surface area (TPSA) is 42.7 Å². The SMILES string of the molecule is COc1ccn2c(CC3CCN(C(C)C)C3)nnc2c1. The molecule has 0 radical (unpaired) electrons. The third-order valence-electron chi connectivity index (χ3n) is 4.21. The van der Waals surface area contributed by atoms with Gasteiger partial charge in [-0.1, -0.05) is 0 Å². The summed E-state index contributed by atoms with van der Waals surface area (Å²) >= 11 is 0. The summed E-state index contributed by atoms with van der Waals surface area (Å²) in [6.45, 7) is 6.90. The minimum Gasteiger partial charge on any atom is -0.497 e. The van der Waals surface area contributed by atoms with Crippen molar-refractivity contribution in [2.24, 2.45) is 5.92 Å². The highest BCUT2D eigenvalue weighted by atomic mass is 16.5. The Labute approximate surface area is 119 Å². The average molecular weight is 274 g/mol. The standard InChI is InChI=1S/C15H22N4O/c1-11(2)18-6-4-12(10-18)8-14-16-17-15-9-13(20-3)5-7-19(14)15/h5,7,9,11-12H,4,6,8,10H2,1-3H3. The van der Waals surface area contributed by atoms with E-state index in [1.807, 2.05) is 18.3 Å². The number of aromatic nitrogens is 3. The third kappa shape index (κ3) is 2.50. The molecular weight excluding hydrogens is 252 g/mol. The van der Waals surface area contributed by atoms with Crippen LogP contribution in [0, 0.1) is 5.92 Å². The number of hydrogen-bond donors (Lipinski definition) is 0. The normalized spacial score (nSPS) is 20.1. The van der Waals surface area contributed by atoms with Crippen LogP contribution in [0.5, 0.6) is 5.75 Å². The van der Waals surface area contributed by atoms with Crippen LogP contribution in [0.25, 0.3) is 5.65 Å². The molecule has 5 nitrogen and oxygen atoms in total. The summed E-state index contributed by atoms with van der Waals surface area (Å²) in [7, 11) is 1.67. The Morgan fingerprint density at radius 2 is 2.25 bits per heavy atom. The van der Waals surface area contributed by atoms with Gasteiger partial charge in [-0.2, -0.15) is 0 Å². The van der Waals surface area contributed by atoms with Crippen LogP contribution in [-0.2, 0) is 6.42 Å². The van der Waals surface area contributed by atoms with E-state index in [1.165, 1.54) is 19.5 Å². The highest BCUT2D eigenvalue weighted by molar-refractivity contribution is 5.44. The summed E-state index contributed by atoms with van der Waals surface area (Å²) in [6.07, 6.45) is 4.25. The number of hydrogen-bond acceptors (Lipinski definition) is 4. The number of ether oxygens (including phenoxy) is 1. The van der Waals surface area contributed by atoms with Crippen LogP contribution < -0.4 is 4.74 Å². The number of methoxy groups -OCH3 is 1. The summed E-state index contributed by atoms with van der Waals surface area (Å²) < 4.78 is 7.29. The number of nitrogens with zero attached hydrogens (tertiary/aromatic N) is 4. The quantitative estimate of drug-likeness (QED) is 0.855. The second-order valence-electron chi connectivity index (χ2n) is 5.86. The fourth-order valence-electron chi connectivity index (χ4n) is 2.94. The van der Waals surface area contributed by atoms with Crippen LogP contribution in [-0.4, -0.2) is 45.7 Å². The molecule has 1 aliphatic heterocycles. The molecule has 1 fully saturated rings. The van der Waals surface area contributed by atoms with Crippen LogP contribution in [0.4, 0.5) is 0 Å². The summed E-state index contributed by atoms with van der Waals surface area (Å²) in [6, 6.07) is 4.51. The monoisotopic (exact) mass is 274 g/mol. The molecule has 1 saturated heterocycles. The van der Waals surface area contributed by atoms with Gasteiger partial charge in [0, 0.05) is 31.3 Å². The van der Waals surface area contributed by atoms with Crippen LogP contribution >= 0.6 is 0 Å². The van der Waals surface area contributed by atoms with E-state index in [1.54, 1.807) is 7.11 Å². The van der Waals surface area contributed by atoms with Crippen molar-refractivity contribution in [2.45, 2.75) is 32.7 Å². The van der Waals surface area contributed by atoms with Crippen molar-refractivity contribution in [3.8, 4) is 5.75 Å². The highest BCUT2D eigenvalue weighted by Gasteiger charge is 2.25. The van der Waals surface area contributed by atoms with Gasteiger partial charge < -0.3 is 9.64 Å². The van der Waals surface area contributed by atoms with Crippen LogP contribution in [0.2, 0.25) is 0 Å². The molecule has 0 spiro atoms. The largest absolute Gasteiger partial charge is 0.497 e. The van der Waals surface area contributed by atoms with Crippen LogP contribution in [0.15, 0.2) is 18.3 Å². The molecule has 20 heavy (non-hydrogen) atoms.